The first kappa shape index (κ1) is 21.7. The van der Waals surface area contributed by atoms with Crippen molar-refractivity contribution in [3.8, 4) is 5.75 Å². The fraction of sp³-hybridized carbons (Fsp3) is 0.333. The van der Waals surface area contributed by atoms with Crippen LogP contribution < -0.4 is 10.1 Å². The van der Waals surface area contributed by atoms with Crippen LogP contribution in [0.5, 0.6) is 5.75 Å². The topological polar surface area (TPSA) is 64.6 Å². The summed E-state index contributed by atoms with van der Waals surface area (Å²) in [7, 11) is 1.37. The van der Waals surface area contributed by atoms with E-state index in [-0.39, 0.29) is 30.6 Å². The van der Waals surface area contributed by atoms with Crippen molar-refractivity contribution in [2.45, 2.75) is 38.8 Å². The molecule has 2 rings (SSSR count). The number of amides is 1. The molecular formula is C21H23ClFNO4. The van der Waals surface area contributed by atoms with E-state index in [1.807, 2.05) is 0 Å². The number of carbonyl (C=O) groups is 2. The van der Waals surface area contributed by atoms with Gasteiger partial charge in [0.15, 0.2) is 11.6 Å². The molecule has 150 valence electrons. The number of nitrogens with one attached hydrogen (secondary N) is 1. The van der Waals surface area contributed by atoms with Gasteiger partial charge >= 0.3 is 5.97 Å². The summed E-state index contributed by atoms with van der Waals surface area (Å²) in [5, 5.41) is 3.23. The zero-order valence-electron chi connectivity index (χ0n) is 16.0. The van der Waals surface area contributed by atoms with Crippen LogP contribution in [0.4, 0.5) is 4.39 Å². The first-order valence-corrected chi connectivity index (χ1v) is 9.23. The van der Waals surface area contributed by atoms with Crippen molar-refractivity contribution in [1.29, 1.82) is 0 Å². The summed E-state index contributed by atoms with van der Waals surface area (Å²) < 4.78 is 23.9. The third-order valence-electron chi connectivity index (χ3n) is 3.93. The van der Waals surface area contributed by atoms with E-state index in [4.69, 9.17) is 21.1 Å². The summed E-state index contributed by atoms with van der Waals surface area (Å²) in [6.45, 7) is 3.50. The van der Waals surface area contributed by atoms with Crippen LogP contribution >= 0.6 is 11.6 Å². The number of hydrogen-bond acceptors (Lipinski definition) is 4. The molecule has 0 aliphatic heterocycles. The Kier molecular flexibility index (Phi) is 7.81. The summed E-state index contributed by atoms with van der Waals surface area (Å²) >= 11 is 6.24. The molecule has 0 aliphatic carbocycles. The molecule has 0 unspecified atom stereocenters. The Morgan fingerprint density at radius 2 is 1.89 bits per heavy atom. The minimum atomic E-state index is -0.657. The van der Waals surface area contributed by atoms with E-state index < -0.39 is 17.8 Å². The molecule has 2 aromatic rings. The van der Waals surface area contributed by atoms with Gasteiger partial charge in [-0.05, 0) is 43.2 Å². The van der Waals surface area contributed by atoms with Gasteiger partial charge in [0.2, 0.25) is 5.91 Å². The first-order valence-electron chi connectivity index (χ1n) is 8.85. The third kappa shape index (κ3) is 6.23. The van der Waals surface area contributed by atoms with Crippen molar-refractivity contribution in [3.05, 3.63) is 64.4 Å². The standard InChI is InChI=1S/C21H23ClFNO4/c1-13(2)28-21(26)12-18(15-6-4-5-7-16(15)22)24-20(25)11-14-8-9-19(27-3)17(23)10-14/h4-10,13,18H,11-12H2,1-3H3,(H,24,25)/t18-/m0/s1. The molecule has 0 saturated heterocycles. The van der Waals surface area contributed by atoms with E-state index in [1.54, 1.807) is 44.2 Å². The minimum Gasteiger partial charge on any atom is -0.494 e. The van der Waals surface area contributed by atoms with Crippen molar-refractivity contribution in [2.24, 2.45) is 0 Å². The zero-order valence-corrected chi connectivity index (χ0v) is 16.8. The van der Waals surface area contributed by atoms with Crippen molar-refractivity contribution in [1.82, 2.24) is 5.32 Å². The van der Waals surface area contributed by atoms with E-state index in [9.17, 15) is 14.0 Å². The smallest absolute Gasteiger partial charge is 0.308 e. The number of hydrogen-bond donors (Lipinski definition) is 1. The van der Waals surface area contributed by atoms with Gasteiger partial charge in [0.05, 0.1) is 32.1 Å². The molecule has 7 heteroatoms. The lowest BCUT2D eigenvalue weighted by Gasteiger charge is -2.20. The molecule has 0 heterocycles. The highest BCUT2D eigenvalue weighted by Crippen LogP contribution is 2.26. The van der Waals surface area contributed by atoms with Gasteiger partial charge in [-0.3, -0.25) is 9.59 Å². The second-order valence-corrected chi connectivity index (χ2v) is 6.94. The quantitative estimate of drug-likeness (QED) is 0.665. The second kappa shape index (κ2) is 10.1. The van der Waals surface area contributed by atoms with Gasteiger partial charge < -0.3 is 14.8 Å². The molecule has 5 nitrogen and oxygen atoms in total. The van der Waals surface area contributed by atoms with E-state index in [0.717, 1.165) is 0 Å². The van der Waals surface area contributed by atoms with E-state index in [2.05, 4.69) is 5.32 Å². The van der Waals surface area contributed by atoms with Crippen LogP contribution in [0.3, 0.4) is 0 Å². The molecular weight excluding hydrogens is 385 g/mol. The number of esters is 1. The van der Waals surface area contributed by atoms with Crippen LogP contribution in [-0.4, -0.2) is 25.1 Å². The normalized spacial score (nSPS) is 11.8. The van der Waals surface area contributed by atoms with Gasteiger partial charge in [-0.15, -0.1) is 0 Å². The predicted octanol–water partition coefficient (Wildman–Crippen LogP) is 4.23. The number of benzene rings is 2. The van der Waals surface area contributed by atoms with Gasteiger partial charge in [0.1, 0.15) is 0 Å². The summed E-state index contributed by atoms with van der Waals surface area (Å²) in [6, 6.07) is 10.6. The van der Waals surface area contributed by atoms with Crippen molar-refractivity contribution in [3.63, 3.8) is 0 Å². The Balaban J connectivity index is 2.14. The van der Waals surface area contributed by atoms with Gasteiger partial charge in [-0.1, -0.05) is 35.9 Å². The number of halogens is 2. The minimum absolute atomic E-state index is 0.0545. The number of methoxy groups -OCH3 is 1. The molecule has 0 aliphatic rings. The Morgan fingerprint density at radius 1 is 1.18 bits per heavy atom. The molecule has 28 heavy (non-hydrogen) atoms. The Morgan fingerprint density at radius 3 is 2.50 bits per heavy atom. The summed E-state index contributed by atoms with van der Waals surface area (Å²) in [4.78, 5) is 24.6. The monoisotopic (exact) mass is 407 g/mol. The zero-order chi connectivity index (χ0) is 20.7. The molecule has 0 aromatic heterocycles. The lowest BCUT2D eigenvalue weighted by molar-refractivity contribution is -0.148. The predicted molar refractivity (Wildman–Crippen MR) is 105 cm³/mol. The fourth-order valence-corrected chi connectivity index (χ4v) is 2.99. The molecule has 1 N–H and O–H groups in total. The van der Waals surface area contributed by atoms with Gasteiger partial charge in [0, 0.05) is 5.02 Å². The van der Waals surface area contributed by atoms with E-state index >= 15 is 0 Å². The lowest BCUT2D eigenvalue weighted by atomic mass is 10.0. The highest BCUT2D eigenvalue weighted by Gasteiger charge is 2.22. The Hall–Kier alpha value is -2.60. The number of ether oxygens (including phenoxy) is 2. The van der Waals surface area contributed by atoms with Crippen LogP contribution in [0.25, 0.3) is 0 Å². The Bertz CT molecular complexity index is 841. The molecule has 0 fully saturated rings. The van der Waals surface area contributed by atoms with Crippen LogP contribution in [-0.2, 0) is 20.7 Å². The maximum Gasteiger partial charge on any atom is 0.308 e. The summed E-state index contributed by atoms with van der Waals surface area (Å²) in [5.74, 6) is -1.26. The lowest BCUT2D eigenvalue weighted by Crippen LogP contribution is -2.32. The highest BCUT2D eigenvalue weighted by molar-refractivity contribution is 6.31. The number of carbonyl (C=O) groups excluding carboxylic acids is 2. The van der Waals surface area contributed by atoms with Gasteiger partial charge in [0.25, 0.3) is 0 Å². The van der Waals surface area contributed by atoms with Crippen molar-refractivity contribution < 1.29 is 23.5 Å². The van der Waals surface area contributed by atoms with Gasteiger partial charge in [-0.2, -0.15) is 0 Å². The maximum absolute atomic E-state index is 13.8. The van der Waals surface area contributed by atoms with Crippen molar-refractivity contribution >= 4 is 23.5 Å². The van der Waals surface area contributed by atoms with Crippen LogP contribution in [0.1, 0.15) is 37.4 Å². The molecule has 1 amide bonds. The Labute approximate surface area is 168 Å². The van der Waals surface area contributed by atoms with Crippen LogP contribution in [0.2, 0.25) is 5.02 Å². The largest absolute Gasteiger partial charge is 0.494 e. The average Bonchev–Trinajstić information content (AvgIpc) is 2.61. The molecule has 0 saturated carbocycles. The SMILES string of the molecule is COc1ccc(CC(=O)N[C@@H](CC(=O)OC(C)C)c2ccccc2Cl)cc1F. The molecule has 2 aromatic carbocycles. The maximum atomic E-state index is 13.8. The molecule has 0 radical (unpaired) electrons. The van der Waals surface area contributed by atoms with Crippen LogP contribution in [0.15, 0.2) is 42.5 Å². The third-order valence-corrected chi connectivity index (χ3v) is 4.28. The van der Waals surface area contributed by atoms with Gasteiger partial charge in [-0.25, -0.2) is 4.39 Å². The summed E-state index contributed by atoms with van der Waals surface area (Å²) in [5.41, 5.74) is 1.09. The summed E-state index contributed by atoms with van der Waals surface area (Å²) in [6.07, 6.45) is -0.386. The van der Waals surface area contributed by atoms with Crippen LogP contribution in [0, 0.1) is 5.82 Å². The molecule has 0 spiro atoms. The molecule has 0 bridgehead atoms. The highest BCUT2D eigenvalue weighted by atomic mass is 35.5. The van der Waals surface area contributed by atoms with E-state index in [1.165, 1.54) is 19.2 Å². The number of rotatable bonds is 8. The van der Waals surface area contributed by atoms with Crippen molar-refractivity contribution in [2.75, 3.05) is 7.11 Å². The second-order valence-electron chi connectivity index (χ2n) is 6.53. The molecule has 1 atom stereocenters. The fourth-order valence-electron chi connectivity index (χ4n) is 2.72. The first-order chi connectivity index (χ1) is 13.3. The average molecular weight is 408 g/mol. The van der Waals surface area contributed by atoms with E-state index in [0.29, 0.717) is 16.1 Å².